The maximum Gasteiger partial charge on any atom is 0.0279 e. The van der Waals surface area contributed by atoms with Gasteiger partial charge in [-0.15, -0.1) is 6.58 Å². The molecule has 0 bridgehead atoms. The van der Waals surface area contributed by atoms with Gasteiger partial charge in [0.2, 0.25) is 0 Å². The van der Waals surface area contributed by atoms with E-state index in [2.05, 4.69) is 47.9 Å². The van der Waals surface area contributed by atoms with Crippen molar-refractivity contribution in [2.24, 2.45) is 0 Å². The molecule has 1 saturated heterocycles. The van der Waals surface area contributed by atoms with Gasteiger partial charge in [0.05, 0.1) is 0 Å². The summed E-state index contributed by atoms with van der Waals surface area (Å²) >= 11 is 0. The Morgan fingerprint density at radius 2 is 2.07 bits per heavy atom. The SMILES string of the molecule is C=C[C@H]1CCCCN1Cc1ccccc1. The standard InChI is InChI=1S/C14H19N/c1-2-14-10-6-7-11-15(14)12-13-8-4-3-5-9-13/h2-5,8-9,14H,1,6-7,10-12H2/t14-/m0/s1. The molecule has 15 heavy (non-hydrogen) atoms. The predicted octanol–water partition coefficient (Wildman–Crippen LogP) is 3.23. The third kappa shape index (κ3) is 2.69. The molecule has 1 atom stereocenters. The smallest absolute Gasteiger partial charge is 0.0279 e. The van der Waals surface area contributed by atoms with Crippen LogP contribution < -0.4 is 0 Å². The Bertz CT molecular complexity index is 304. The van der Waals surface area contributed by atoms with Crippen LogP contribution in [0.4, 0.5) is 0 Å². The Hall–Kier alpha value is -1.08. The van der Waals surface area contributed by atoms with Gasteiger partial charge in [-0.25, -0.2) is 0 Å². The van der Waals surface area contributed by atoms with E-state index in [0.717, 1.165) is 6.54 Å². The molecule has 0 unspecified atom stereocenters. The molecule has 80 valence electrons. The molecule has 0 amide bonds. The number of hydrogen-bond acceptors (Lipinski definition) is 1. The molecule has 1 heteroatoms. The maximum atomic E-state index is 3.93. The molecule has 0 N–H and O–H groups in total. The maximum absolute atomic E-state index is 3.93. The van der Waals surface area contributed by atoms with Crippen LogP contribution in [0.15, 0.2) is 43.0 Å². The Labute approximate surface area is 92.4 Å². The molecule has 1 heterocycles. The van der Waals surface area contributed by atoms with E-state index in [-0.39, 0.29) is 0 Å². The van der Waals surface area contributed by atoms with Crippen molar-refractivity contribution < 1.29 is 0 Å². The van der Waals surface area contributed by atoms with Crippen molar-refractivity contribution in [1.82, 2.24) is 4.90 Å². The summed E-state index contributed by atoms with van der Waals surface area (Å²) in [5.41, 5.74) is 1.41. The molecule has 1 aliphatic heterocycles. The van der Waals surface area contributed by atoms with Crippen molar-refractivity contribution in [2.45, 2.75) is 31.8 Å². The Balaban J connectivity index is 2.00. The minimum atomic E-state index is 0.582. The van der Waals surface area contributed by atoms with E-state index in [9.17, 15) is 0 Å². The first-order valence-electron chi connectivity index (χ1n) is 5.80. The zero-order valence-corrected chi connectivity index (χ0v) is 9.23. The summed E-state index contributed by atoms with van der Waals surface area (Å²) in [4.78, 5) is 2.53. The number of piperidine rings is 1. The number of benzene rings is 1. The second kappa shape index (κ2) is 5.13. The van der Waals surface area contributed by atoms with Gasteiger partial charge in [-0.3, -0.25) is 4.90 Å². The minimum Gasteiger partial charge on any atom is -0.293 e. The first kappa shape index (κ1) is 10.4. The van der Waals surface area contributed by atoms with Crippen LogP contribution >= 0.6 is 0 Å². The lowest BCUT2D eigenvalue weighted by Gasteiger charge is -2.33. The van der Waals surface area contributed by atoms with Gasteiger partial charge in [0.25, 0.3) is 0 Å². The highest BCUT2D eigenvalue weighted by Crippen LogP contribution is 2.19. The highest BCUT2D eigenvalue weighted by molar-refractivity contribution is 5.15. The van der Waals surface area contributed by atoms with E-state index >= 15 is 0 Å². The number of rotatable bonds is 3. The van der Waals surface area contributed by atoms with Gasteiger partial charge in [0.1, 0.15) is 0 Å². The number of hydrogen-bond donors (Lipinski definition) is 0. The number of likely N-dealkylation sites (tertiary alicyclic amines) is 1. The Morgan fingerprint density at radius 3 is 2.80 bits per heavy atom. The summed E-state index contributed by atoms with van der Waals surface area (Å²) < 4.78 is 0. The lowest BCUT2D eigenvalue weighted by atomic mass is 10.0. The third-order valence-corrected chi connectivity index (χ3v) is 3.16. The van der Waals surface area contributed by atoms with Crippen LogP contribution in [0.2, 0.25) is 0 Å². The highest BCUT2D eigenvalue weighted by Gasteiger charge is 2.19. The molecule has 0 saturated carbocycles. The first-order valence-corrected chi connectivity index (χ1v) is 5.80. The topological polar surface area (TPSA) is 3.24 Å². The van der Waals surface area contributed by atoms with Gasteiger partial charge in [-0.1, -0.05) is 42.8 Å². The normalized spacial score (nSPS) is 22.5. The molecular formula is C14H19N. The Morgan fingerprint density at radius 1 is 1.27 bits per heavy atom. The van der Waals surface area contributed by atoms with Crippen molar-refractivity contribution in [3.63, 3.8) is 0 Å². The molecule has 0 radical (unpaired) electrons. The van der Waals surface area contributed by atoms with Crippen molar-refractivity contribution in [3.05, 3.63) is 48.6 Å². The van der Waals surface area contributed by atoms with E-state index in [4.69, 9.17) is 0 Å². The summed E-state index contributed by atoms with van der Waals surface area (Å²) in [7, 11) is 0. The molecule has 0 aromatic heterocycles. The monoisotopic (exact) mass is 201 g/mol. The van der Waals surface area contributed by atoms with Crippen LogP contribution in [0.3, 0.4) is 0 Å². The fourth-order valence-electron chi connectivity index (χ4n) is 2.30. The van der Waals surface area contributed by atoms with E-state index in [1.807, 2.05) is 0 Å². The second-order valence-corrected chi connectivity index (χ2v) is 4.25. The molecule has 1 aromatic rings. The molecule has 0 spiro atoms. The van der Waals surface area contributed by atoms with Crippen molar-refractivity contribution in [3.8, 4) is 0 Å². The van der Waals surface area contributed by atoms with Gasteiger partial charge >= 0.3 is 0 Å². The average molecular weight is 201 g/mol. The van der Waals surface area contributed by atoms with E-state index in [1.54, 1.807) is 0 Å². The van der Waals surface area contributed by atoms with Crippen LogP contribution in [0, 0.1) is 0 Å². The predicted molar refractivity (Wildman–Crippen MR) is 64.7 cm³/mol. The molecule has 1 nitrogen and oxygen atoms in total. The molecule has 1 aromatic carbocycles. The van der Waals surface area contributed by atoms with Gasteiger partial charge in [-0.2, -0.15) is 0 Å². The van der Waals surface area contributed by atoms with Gasteiger partial charge in [0.15, 0.2) is 0 Å². The minimum absolute atomic E-state index is 0.582. The summed E-state index contributed by atoms with van der Waals surface area (Å²) in [6.45, 7) is 6.22. The van der Waals surface area contributed by atoms with E-state index in [1.165, 1.54) is 31.4 Å². The van der Waals surface area contributed by atoms with Crippen LogP contribution in [0.1, 0.15) is 24.8 Å². The average Bonchev–Trinajstić information content (AvgIpc) is 2.31. The molecule has 2 rings (SSSR count). The van der Waals surface area contributed by atoms with Gasteiger partial charge in [-0.05, 0) is 24.9 Å². The summed E-state index contributed by atoms with van der Waals surface area (Å²) in [5.74, 6) is 0. The zero-order chi connectivity index (χ0) is 10.5. The lowest BCUT2D eigenvalue weighted by molar-refractivity contribution is 0.172. The molecule has 1 aliphatic rings. The van der Waals surface area contributed by atoms with Crippen molar-refractivity contribution in [2.75, 3.05) is 6.54 Å². The lowest BCUT2D eigenvalue weighted by Crippen LogP contribution is -2.37. The van der Waals surface area contributed by atoms with Crippen LogP contribution in [0.25, 0.3) is 0 Å². The second-order valence-electron chi connectivity index (χ2n) is 4.25. The summed E-state index contributed by atoms with van der Waals surface area (Å²) in [6.07, 6.45) is 6.05. The quantitative estimate of drug-likeness (QED) is 0.679. The van der Waals surface area contributed by atoms with Crippen molar-refractivity contribution in [1.29, 1.82) is 0 Å². The molecule has 0 aliphatic carbocycles. The third-order valence-electron chi connectivity index (χ3n) is 3.16. The number of nitrogens with zero attached hydrogens (tertiary/aromatic N) is 1. The summed E-state index contributed by atoms with van der Waals surface area (Å²) in [6, 6.07) is 11.3. The van der Waals surface area contributed by atoms with E-state index in [0.29, 0.717) is 6.04 Å². The van der Waals surface area contributed by atoms with Crippen molar-refractivity contribution >= 4 is 0 Å². The van der Waals surface area contributed by atoms with Gasteiger partial charge < -0.3 is 0 Å². The summed E-state index contributed by atoms with van der Waals surface area (Å²) in [5, 5.41) is 0. The van der Waals surface area contributed by atoms with E-state index < -0.39 is 0 Å². The van der Waals surface area contributed by atoms with Crippen LogP contribution in [-0.2, 0) is 6.54 Å². The fourth-order valence-corrected chi connectivity index (χ4v) is 2.30. The van der Waals surface area contributed by atoms with Crippen LogP contribution in [0.5, 0.6) is 0 Å². The largest absolute Gasteiger partial charge is 0.293 e. The fraction of sp³-hybridized carbons (Fsp3) is 0.429. The highest BCUT2D eigenvalue weighted by atomic mass is 15.2. The molecular weight excluding hydrogens is 182 g/mol. The zero-order valence-electron chi connectivity index (χ0n) is 9.23. The van der Waals surface area contributed by atoms with Gasteiger partial charge in [0, 0.05) is 12.6 Å². The first-order chi connectivity index (χ1) is 7.40. The molecule has 1 fully saturated rings. The van der Waals surface area contributed by atoms with Crippen LogP contribution in [-0.4, -0.2) is 17.5 Å². The Kier molecular flexibility index (Phi) is 3.57.